The summed E-state index contributed by atoms with van der Waals surface area (Å²) in [6.45, 7) is -0.313. The van der Waals surface area contributed by atoms with Gasteiger partial charge in [0, 0.05) is 0 Å². The Bertz CT molecular complexity index is 1080. The molecule has 2 aromatic rings. The number of halogens is 1. The van der Waals surface area contributed by atoms with Gasteiger partial charge in [-0.25, -0.2) is 9.59 Å². The molecule has 1 fully saturated rings. The van der Waals surface area contributed by atoms with Gasteiger partial charge in [-0.1, -0.05) is 6.07 Å². The van der Waals surface area contributed by atoms with E-state index in [1.807, 2.05) is 22.6 Å². The number of amides is 2. The van der Waals surface area contributed by atoms with E-state index in [0.717, 1.165) is 20.2 Å². The highest BCUT2D eigenvalue weighted by Crippen LogP contribution is 2.34. The molecule has 11 heteroatoms. The first-order valence-corrected chi connectivity index (χ1v) is 10.6. The van der Waals surface area contributed by atoms with Crippen LogP contribution in [-0.4, -0.2) is 48.8 Å². The van der Waals surface area contributed by atoms with Crippen LogP contribution in [0.4, 0.5) is 4.79 Å². The summed E-state index contributed by atoms with van der Waals surface area (Å²) in [5.74, 6) is -0.838. The number of benzene rings is 1. The summed E-state index contributed by atoms with van der Waals surface area (Å²) in [6.07, 6.45) is 1.60. The molecule has 9 nitrogen and oxygen atoms in total. The zero-order chi connectivity index (χ0) is 22.5. The summed E-state index contributed by atoms with van der Waals surface area (Å²) in [4.78, 5) is 49.0. The largest absolute Gasteiger partial charge is 0.481 e. The van der Waals surface area contributed by atoms with Crippen LogP contribution in [0, 0.1) is 3.57 Å². The average Bonchev–Trinajstić information content (AvgIpc) is 3.33. The molecule has 1 aromatic carbocycles. The molecule has 0 N–H and O–H groups in total. The summed E-state index contributed by atoms with van der Waals surface area (Å²) in [5.41, 5.74) is 0.686. The standard InChI is InChI=1S/C20H16INO8S/c1-27-17(23)10-29-14-5-3-11(7-13(14)21)8-16-18(24)22(20(26)31-16)9-12-4-6-15(30-12)19(25)28-2/h3-8H,9-10H2,1-2H3/b16-8+. The molecule has 0 atom stereocenters. The van der Waals surface area contributed by atoms with Crippen molar-refractivity contribution in [3.05, 3.63) is 55.9 Å². The van der Waals surface area contributed by atoms with Crippen LogP contribution in [0.1, 0.15) is 21.9 Å². The van der Waals surface area contributed by atoms with Crippen LogP contribution < -0.4 is 4.74 Å². The van der Waals surface area contributed by atoms with Gasteiger partial charge in [-0.3, -0.25) is 14.5 Å². The molecule has 162 valence electrons. The highest BCUT2D eigenvalue weighted by atomic mass is 127. The van der Waals surface area contributed by atoms with Crippen LogP contribution in [0.15, 0.2) is 39.7 Å². The number of nitrogens with zero attached hydrogens (tertiary/aromatic N) is 1. The van der Waals surface area contributed by atoms with Crippen molar-refractivity contribution in [3.8, 4) is 5.75 Å². The number of imide groups is 1. The highest BCUT2D eigenvalue weighted by molar-refractivity contribution is 14.1. The number of hydrogen-bond acceptors (Lipinski definition) is 9. The molecule has 0 radical (unpaired) electrons. The summed E-state index contributed by atoms with van der Waals surface area (Å²) in [6, 6.07) is 8.06. The van der Waals surface area contributed by atoms with Gasteiger partial charge in [0.25, 0.3) is 11.1 Å². The molecule has 0 bridgehead atoms. The van der Waals surface area contributed by atoms with E-state index in [1.54, 1.807) is 24.3 Å². The monoisotopic (exact) mass is 557 g/mol. The molecule has 0 spiro atoms. The van der Waals surface area contributed by atoms with Crippen LogP contribution in [0.3, 0.4) is 0 Å². The van der Waals surface area contributed by atoms with Gasteiger partial charge in [-0.05, 0) is 70.3 Å². The van der Waals surface area contributed by atoms with E-state index >= 15 is 0 Å². The lowest BCUT2D eigenvalue weighted by Crippen LogP contribution is -2.27. The fraction of sp³-hybridized carbons (Fsp3) is 0.200. The molecule has 1 aliphatic heterocycles. The van der Waals surface area contributed by atoms with Crippen molar-refractivity contribution in [3.63, 3.8) is 0 Å². The van der Waals surface area contributed by atoms with Gasteiger partial charge in [0.1, 0.15) is 11.5 Å². The first-order chi connectivity index (χ1) is 14.8. The van der Waals surface area contributed by atoms with Gasteiger partial charge >= 0.3 is 11.9 Å². The molecule has 1 aliphatic rings. The Morgan fingerprint density at radius 3 is 2.61 bits per heavy atom. The van der Waals surface area contributed by atoms with Crippen molar-refractivity contribution in [2.45, 2.75) is 6.54 Å². The predicted octanol–water partition coefficient (Wildman–Crippen LogP) is 3.46. The number of furan rings is 1. The van der Waals surface area contributed by atoms with Gasteiger partial charge in [0.2, 0.25) is 5.76 Å². The minimum Gasteiger partial charge on any atom is -0.481 e. The van der Waals surface area contributed by atoms with Gasteiger partial charge < -0.3 is 18.6 Å². The molecule has 2 amide bonds. The van der Waals surface area contributed by atoms with E-state index in [1.165, 1.54) is 26.4 Å². The third-order valence-electron chi connectivity index (χ3n) is 4.06. The first-order valence-electron chi connectivity index (χ1n) is 8.74. The number of esters is 2. The third-order valence-corrected chi connectivity index (χ3v) is 5.81. The fourth-order valence-electron chi connectivity index (χ4n) is 2.54. The van der Waals surface area contributed by atoms with Crippen molar-refractivity contribution in [2.24, 2.45) is 0 Å². The van der Waals surface area contributed by atoms with Gasteiger partial charge in [-0.15, -0.1) is 0 Å². The Morgan fingerprint density at radius 2 is 1.94 bits per heavy atom. The quantitative estimate of drug-likeness (QED) is 0.287. The summed E-state index contributed by atoms with van der Waals surface area (Å²) >= 11 is 2.86. The van der Waals surface area contributed by atoms with Crippen LogP contribution in [0.2, 0.25) is 0 Å². The van der Waals surface area contributed by atoms with E-state index in [4.69, 9.17) is 9.15 Å². The topological polar surface area (TPSA) is 112 Å². The number of carbonyl (C=O) groups excluding carboxylic acids is 4. The lowest BCUT2D eigenvalue weighted by atomic mass is 10.2. The first kappa shape index (κ1) is 22.9. The fourth-order valence-corrected chi connectivity index (χ4v) is 4.07. The number of thioether (sulfide) groups is 1. The van der Waals surface area contributed by atoms with Crippen molar-refractivity contribution < 1.29 is 37.8 Å². The zero-order valence-corrected chi connectivity index (χ0v) is 19.4. The number of hydrogen-bond donors (Lipinski definition) is 0. The average molecular weight is 557 g/mol. The number of rotatable bonds is 7. The lowest BCUT2D eigenvalue weighted by Gasteiger charge is -2.10. The van der Waals surface area contributed by atoms with E-state index < -0.39 is 23.1 Å². The smallest absolute Gasteiger partial charge is 0.373 e. The zero-order valence-electron chi connectivity index (χ0n) is 16.4. The Balaban J connectivity index is 1.71. The molecule has 31 heavy (non-hydrogen) atoms. The van der Waals surface area contributed by atoms with Crippen molar-refractivity contribution in [1.29, 1.82) is 0 Å². The maximum absolute atomic E-state index is 12.7. The molecule has 0 aliphatic carbocycles. The molecule has 0 unspecified atom stereocenters. The molecule has 1 saturated heterocycles. The highest BCUT2D eigenvalue weighted by Gasteiger charge is 2.35. The maximum atomic E-state index is 12.7. The molecule has 1 aromatic heterocycles. The van der Waals surface area contributed by atoms with Gasteiger partial charge in [0.05, 0.1) is 29.2 Å². The van der Waals surface area contributed by atoms with E-state index in [2.05, 4.69) is 9.47 Å². The lowest BCUT2D eigenvalue weighted by molar-refractivity contribution is -0.142. The Kier molecular flexibility index (Phi) is 7.38. The normalized spacial score (nSPS) is 14.8. The maximum Gasteiger partial charge on any atom is 0.373 e. The summed E-state index contributed by atoms with van der Waals surface area (Å²) in [5, 5.41) is -0.444. The third kappa shape index (κ3) is 5.47. The Morgan fingerprint density at radius 1 is 1.16 bits per heavy atom. The van der Waals surface area contributed by atoms with E-state index in [0.29, 0.717) is 11.3 Å². The molecule has 0 saturated carbocycles. The second kappa shape index (κ2) is 10.0. The van der Waals surface area contributed by atoms with Crippen LogP contribution >= 0.6 is 34.4 Å². The second-order valence-electron chi connectivity index (χ2n) is 6.08. The number of methoxy groups -OCH3 is 2. The van der Waals surface area contributed by atoms with Crippen molar-refractivity contribution >= 4 is 63.5 Å². The molecule has 2 heterocycles. The van der Waals surface area contributed by atoms with Crippen LogP contribution in [0.5, 0.6) is 5.75 Å². The summed E-state index contributed by atoms with van der Waals surface area (Å²) < 4.78 is 20.5. The number of ether oxygens (including phenoxy) is 3. The SMILES string of the molecule is COC(=O)COc1ccc(/C=C2/SC(=O)N(Cc3ccc(C(=O)OC)o3)C2=O)cc1I. The minimum absolute atomic E-state index is 0.0101. The van der Waals surface area contributed by atoms with Crippen molar-refractivity contribution in [2.75, 3.05) is 20.8 Å². The second-order valence-corrected chi connectivity index (χ2v) is 8.24. The Hall–Kier alpha value is -2.80. The van der Waals surface area contributed by atoms with Gasteiger partial charge in [-0.2, -0.15) is 0 Å². The van der Waals surface area contributed by atoms with Crippen molar-refractivity contribution in [1.82, 2.24) is 4.90 Å². The predicted molar refractivity (Wildman–Crippen MR) is 118 cm³/mol. The number of carbonyl (C=O) groups is 4. The van der Waals surface area contributed by atoms with Crippen LogP contribution in [-0.2, 0) is 25.6 Å². The molecular formula is C20H16INO8S. The Labute approximate surface area is 194 Å². The minimum atomic E-state index is -0.645. The van der Waals surface area contributed by atoms with E-state index in [9.17, 15) is 19.2 Å². The molecular weight excluding hydrogens is 541 g/mol. The van der Waals surface area contributed by atoms with Crippen LogP contribution in [0.25, 0.3) is 6.08 Å². The summed E-state index contributed by atoms with van der Waals surface area (Å²) in [7, 11) is 2.50. The van der Waals surface area contributed by atoms with Gasteiger partial charge in [0.15, 0.2) is 6.61 Å². The molecule has 3 rings (SSSR count). The van der Waals surface area contributed by atoms with E-state index in [-0.39, 0.29) is 29.6 Å².